The molecule has 17 heavy (non-hydrogen) atoms. The standard InChI is InChI=1S/C15H26O2/c1-5-14(13(16)17)9-15(14)8-11(4)6-7-12(15)10(2)3/h10-12H,5-9H2,1-4H3,(H,16,17)/t11-,12+,14?,15?/m1/s1. The van der Waals surface area contributed by atoms with Gasteiger partial charge in [-0.15, -0.1) is 0 Å². The van der Waals surface area contributed by atoms with Gasteiger partial charge in [0, 0.05) is 0 Å². The molecule has 0 aromatic carbocycles. The lowest BCUT2D eigenvalue weighted by atomic mass is 9.64. The SMILES string of the molecule is CCC1(C(=O)O)CC12C[C@H](C)CC[C@H]2C(C)C. The van der Waals surface area contributed by atoms with Crippen molar-refractivity contribution in [3.63, 3.8) is 0 Å². The summed E-state index contributed by atoms with van der Waals surface area (Å²) in [5.41, 5.74) is -0.268. The van der Waals surface area contributed by atoms with Gasteiger partial charge in [0.25, 0.3) is 0 Å². The van der Waals surface area contributed by atoms with Crippen molar-refractivity contribution in [3.8, 4) is 0 Å². The molecule has 2 unspecified atom stereocenters. The molecule has 1 spiro atoms. The molecule has 0 bridgehead atoms. The minimum absolute atomic E-state index is 0.124. The van der Waals surface area contributed by atoms with Gasteiger partial charge in [-0.05, 0) is 48.9 Å². The molecule has 0 aromatic heterocycles. The van der Waals surface area contributed by atoms with Gasteiger partial charge in [-0.2, -0.15) is 0 Å². The average Bonchev–Trinajstić information content (AvgIpc) is 2.87. The predicted octanol–water partition coefficient (Wildman–Crippen LogP) is 3.95. The zero-order chi connectivity index (χ0) is 12.8. The number of rotatable bonds is 3. The van der Waals surface area contributed by atoms with E-state index in [9.17, 15) is 9.90 Å². The number of aliphatic carboxylic acids is 1. The van der Waals surface area contributed by atoms with Crippen LogP contribution in [0, 0.1) is 28.6 Å². The van der Waals surface area contributed by atoms with E-state index in [1.165, 1.54) is 12.8 Å². The smallest absolute Gasteiger partial charge is 0.310 e. The molecule has 0 aliphatic heterocycles. The molecule has 2 aliphatic carbocycles. The third kappa shape index (κ3) is 1.63. The Labute approximate surface area is 105 Å². The molecule has 2 rings (SSSR count). The van der Waals surface area contributed by atoms with Crippen molar-refractivity contribution in [3.05, 3.63) is 0 Å². The maximum Gasteiger partial charge on any atom is 0.310 e. The quantitative estimate of drug-likeness (QED) is 0.808. The largest absolute Gasteiger partial charge is 0.481 e. The predicted molar refractivity (Wildman–Crippen MR) is 68.8 cm³/mol. The second-order valence-corrected chi connectivity index (χ2v) is 6.81. The molecule has 2 aliphatic rings. The van der Waals surface area contributed by atoms with Gasteiger partial charge in [-0.3, -0.25) is 4.79 Å². The van der Waals surface area contributed by atoms with E-state index < -0.39 is 11.4 Å². The monoisotopic (exact) mass is 238 g/mol. The van der Waals surface area contributed by atoms with Crippen LogP contribution in [0.25, 0.3) is 0 Å². The summed E-state index contributed by atoms with van der Waals surface area (Å²) in [6.45, 7) is 8.88. The number of hydrogen-bond donors (Lipinski definition) is 1. The van der Waals surface area contributed by atoms with Crippen molar-refractivity contribution in [2.45, 2.75) is 59.8 Å². The second-order valence-electron chi connectivity index (χ2n) is 6.81. The van der Waals surface area contributed by atoms with Gasteiger partial charge in [0.2, 0.25) is 0 Å². The van der Waals surface area contributed by atoms with Crippen LogP contribution < -0.4 is 0 Å². The van der Waals surface area contributed by atoms with Crippen molar-refractivity contribution >= 4 is 5.97 Å². The van der Waals surface area contributed by atoms with Crippen molar-refractivity contribution in [2.24, 2.45) is 28.6 Å². The van der Waals surface area contributed by atoms with Crippen molar-refractivity contribution in [1.29, 1.82) is 0 Å². The third-order valence-electron chi connectivity index (χ3n) is 5.66. The number of hydrogen-bond acceptors (Lipinski definition) is 1. The minimum atomic E-state index is -0.542. The van der Waals surface area contributed by atoms with E-state index in [-0.39, 0.29) is 5.41 Å². The molecular formula is C15H26O2. The van der Waals surface area contributed by atoms with E-state index in [2.05, 4.69) is 27.7 Å². The lowest BCUT2D eigenvalue weighted by Gasteiger charge is -2.40. The van der Waals surface area contributed by atoms with Crippen molar-refractivity contribution in [1.82, 2.24) is 0 Å². The summed E-state index contributed by atoms with van der Waals surface area (Å²) < 4.78 is 0. The highest BCUT2D eigenvalue weighted by molar-refractivity contribution is 5.80. The van der Waals surface area contributed by atoms with Crippen LogP contribution in [-0.2, 0) is 4.79 Å². The zero-order valence-electron chi connectivity index (χ0n) is 11.6. The second kappa shape index (κ2) is 4.00. The molecule has 0 radical (unpaired) electrons. The van der Waals surface area contributed by atoms with Crippen molar-refractivity contribution in [2.75, 3.05) is 0 Å². The summed E-state index contributed by atoms with van der Waals surface area (Å²) in [5.74, 6) is 1.41. The third-order valence-corrected chi connectivity index (χ3v) is 5.66. The zero-order valence-corrected chi connectivity index (χ0v) is 11.6. The molecule has 0 saturated heterocycles. The number of carbonyl (C=O) groups is 1. The average molecular weight is 238 g/mol. The molecule has 98 valence electrons. The van der Waals surface area contributed by atoms with Gasteiger partial charge in [0.05, 0.1) is 5.41 Å². The highest BCUT2D eigenvalue weighted by Crippen LogP contribution is 2.75. The molecule has 0 amide bonds. The maximum absolute atomic E-state index is 11.7. The Morgan fingerprint density at radius 3 is 2.47 bits per heavy atom. The lowest BCUT2D eigenvalue weighted by molar-refractivity contribution is -0.146. The molecular weight excluding hydrogens is 212 g/mol. The Kier molecular flexibility index (Phi) is 3.04. The Morgan fingerprint density at radius 2 is 2.06 bits per heavy atom. The normalized spacial score (nSPS) is 45.2. The first-order valence-electron chi connectivity index (χ1n) is 7.13. The molecule has 0 aromatic rings. The molecule has 1 N–H and O–H groups in total. The Morgan fingerprint density at radius 1 is 1.41 bits per heavy atom. The molecule has 2 fully saturated rings. The topological polar surface area (TPSA) is 37.3 Å². The summed E-state index contributed by atoms with van der Waals surface area (Å²) in [6.07, 6.45) is 5.38. The van der Waals surface area contributed by atoms with Crippen molar-refractivity contribution < 1.29 is 9.90 Å². The highest BCUT2D eigenvalue weighted by Gasteiger charge is 2.74. The minimum Gasteiger partial charge on any atom is -0.481 e. The molecule has 2 nitrogen and oxygen atoms in total. The van der Waals surface area contributed by atoms with Crippen LogP contribution in [0.3, 0.4) is 0 Å². The van der Waals surface area contributed by atoms with Crippen LogP contribution in [0.1, 0.15) is 59.8 Å². The highest BCUT2D eigenvalue weighted by atomic mass is 16.4. The van der Waals surface area contributed by atoms with E-state index in [1.54, 1.807) is 0 Å². The Bertz CT molecular complexity index is 323. The summed E-state index contributed by atoms with van der Waals surface area (Å²) in [5, 5.41) is 9.61. The Balaban J connectivity index is 2.31. The van der Waals surface area contributed by atoms with Crippen LogP contribution in [0.15, 0.2) is 0 Å². The van der Waals surface area contributed by atoms with Crippen LogP contribution >= 0.6 is 0 Å². The van der Waals surface area contributed by atoms with Crippen LogP contribution in [0.5, 0.6) is 0 Å². The lowest BCUT2D eigenvalue weighted by Crippen LogP contribution is -2.36. The van der Waals surface area contributed by atoms with Gasteiger partial charge in [0.1, 0.15) is 0 Å². The fourth-order valence-corrected chi connectivity index (χ4v) is 4.75. The summed E-state index contributed by atoms with van der Waals surface area (Å²) in [6, 6.07) is 0. The Hall–Kier alpha value is -0.530. The first kappa shape index (κ1) is 12.9. The summed E-state index contributed by atoms with van der Waals surface area (Å²) in [7, 11) is 0. The van der Waals surface area contributed by atoms with Gasteiger partial charge in [0.15, 0.2) is 0 Å². The molecule has 2 saturated carbocycles. The number of carboxylic acids is 1. The molecule has 2 heteroatoms. The summed E-state index contributed by atoms with van der Waals surface area (Å²) >= 11 is 0. The van der Waals surface area contributed by atoms with Gasteiger partial charge in [-0.1, -0.05) is 34.1 Å². The fraction of sp³-hybridized carbons (Fsp3) is 0.933. The van der Waals surface area contributed by atoms with Crippen LogP contribution in [0.2, 0.25) is 0 Å². The van der Waals surface area contributed by atoms with Gasteiger partial charge in [-0.25, -0.2) is 0 Å². The molecule has 0 heterocycles. The van der Waals surface area contributed by atoms with Crippen LogP contribution in [-0.4, -0.2) is 11.1 Å². The van der Waals surface area contributed by atoms with E-state index in [4.69, 9.17) is 0 Å². The van der Waals surface area contributed by atoms with E-state index in [0.29, 0.717) is 17.8 Å². The maximum atomic E-state index is 11.7. The first-order chi connectivity index (χ1) is 7.89. The van der Waals surface area contributed by atoms with Gasteiger partial charge >= 0.3 is 5.97 Å². The first-order valence-corrected chi connectivity index (χ1v) is 7.13. The molecule has 4 atom stereocenters. The van der Waals surface area contributed by atoms with Gasteiger partial charge < -0.3 is 5.11 Å². The van der Waals surface area contributed by atoms with E-state index >= 15 is 0 Å². The van der Waals surface area contributed by atoms with Crippen LogP contribution in [0.4, 0.5) is 0 Å². The summed E-state index contributed by atoms with van der Waals surface area (Å²) in [4.78, 5) is 11.7. The fourth-order valence-electron chi connectivity index (χ4n) is 4.75. The van der Waals surface area contributed by atoms with E-state index in [0.717, 1.165) is 19.3 Å². The van der Waals surface area contributed by atoms with E-state index in [1.807, 2.05) is 0 Å². The number of carboxylic acid groups (broad SMARTS) is 1.